The van der Waals surface area contributed by atoms with Crippen LogP contribution in [0.5, 0.6) is 0 Å². The van der Waals surface area contributed by atoms with Crippen LogP contribution in [0.2, 0.25) is 0 Å². The molecule has 1 aromatic rings. The molecule has 2 bridgehead atoms. The zero-order chi connectivity index (χ0) is 13.7. The first kappa shape index (κ1) is 12.9. The maximum atomic E-state index is 12.6. The van der Waals surface area contributed by atoms with Gasteiger partial charge in [0.25, 0.3) is 0 Å². The van der Waals surface area contributed by atoms with E-state index in [-0.39, 0.29) is 12.0 Å². The molecule has 2 fully saturated rings. The Hall–Kier alpha value is -0.830. The van der Waals surface area contributed by atoms with Gasteiger partial charge in [0.05, 0.1) is 6.04 Å². The van der Waals surface area contributed by atoms with Crippen LogP contribution in [0.25, 0.3) is 0 Å². The molecule has 2 saturated carbocycles. The number of benzene rings is 1. The summed E-state index contributed by atoms with van der Waals surface area (Å²) < 4.78 is 0. The van der Waals surface area contributed by atoms with Gasteiger partial charge in [-0.25, -0.2) is 0 Å². The molecule has 3 heteroatoms. The molecular weight excluding hydrogens is 314 g/mol. The Morgan fingerprint density at radius 1 is 1.20 bits per heavy atom. The van der Waals surface area contributed by atoms with E-state index in [1.54, 1.807) is 0 Å². The normalized spacial score (nSPS) is 38.0. The first-order chi connectivity index (χ1) is 9.72. The van der Waals surface area contributed by atoms with Crippen LogP contribution in [0.15, 0.2) is 24.3 Å². The van der Waals surface area contributed by atoms with Gasteiger partial charge in [-0.15, -0.1) is 0 Å². The molecule has 0 saturated heterocycles. The number of hydrogen-bond acceptors (Lipinski definition) is 1. The third-order valence-electron chi connectivity index (χ3n) is 5.54. The fourth-order valence-electron chi connectivity index (χ4n) is 4.54. The summed E-state index contributed by atoms with van der Waals surface area (Å²) in [5, 5.41) is 3.33. The van der Waals surface area contributed by atoms with Crippen LogP contribution in [0.3, 0.4) is 0 Å². The molecule has 3 aliphatic carbocycles. The zero-order valence-corrected chi connectivity index (χ0v) is 13.1. The van der Waals surface area contributed by atoms with Crippen LogP contribution >= 0.6 is 15.9 Å². The molecular formula is C17H20BrNO. The largest absolute Gasteiger partial charge is 0.348 e. The minimum Gasteiger partial charge on any atom is -0.348 e. The summed E-state index contributed by atoms with van der Waals surface area (Å²) in [6, 6.07) is 8.63. The SMILES string of the molecule is O=C(NC1c2ccccc2CC1Br)C1CC2CCC1C2. The molecule has 0 radical (unpaired) electrons. The van der Waals surface area contributed by atoms with E-state index in [1.165, 1.54) is 30.4 Å². The Bertz CT molecular complexity index is 544. The first-order valence-electron chi connectivity index (χ1n) is 7.74. The van der Waals surface area contributed by atoms with E-state index in [2.05, 4.69) is 45.5 Å². The highest BCUT2D eigenvalue weighted by Gasteiger charge is 2.44. The predicted octanol–water partition coefficient (Wildman–Crippen LogP) is 3.60. The molecule has 1 N–H and O–H groups in total. The molecule has 1 amide bonds. The van der Waals surface area contributed by atoms with E-state index in [9.17, 15) is 4.79 Å². The maximum Gasteiger partial charge on any atom is 0.223 e. The molecule has 4 rings (SSSR count). The number of rotatable bonds is 2. The van der Waals surface area contributed by atoms with Crippen LogP contribution < -0.4 is 5.32 Å². The Morgan fingerprint density at radius 3 is 2.80 bits per heavy atom. The van der Waals surface area contributed by atoms with E-state index in [0.29, 0.717) is 16.7 Å². The molecule has 0 heterocycles. The van der Waals surface area contributed by atoms with Crippen LogP contribution in [0.1, 0.15) is 42.9 Å². The van der Waals surface area contributed by atoms with Crippen molar-refractivity contribution >= 4 is 21.8 Å². The number of alkyl halides is 1. The van der Waals surface area contributed by atoms with Crippen molar-refractivity contribution in [1.29, 1.82) is 0 Å². The predicted molar refractivity (Wildman–Crippen MR) is 82.7 cm³/mol. The molecule has 2 nitrogen and oxygen atoms in total. The second-order valence-corrected chi connectivity index (χ2v) is 7.86. The lowest BCUT2D eigenvalue weighted by atomic mass is 9.88. The first-order valence-corrected chi connectivity index (χ1v) is 8.66. The fraction of sp³-hybridized carbons (Fsp3) is 0.588. The lowest BCUT2D eigenvalue weighted by Crippen LogP contribution is -2.38. The summed E-state index contributed by atoms with van der Waals surface area (Å²) >= 11 is 3.75. The molecule has 5 unspecified atom stereocenters. The van der Waals surface area contributed by atoms with Crippen molar-refractivity contribution in [1.82, 2.24) is 5.32 Å². The lowest BCUT2D eigenvalue weighted by Gasteiger charge is -2.25. The summed E-state index contributed by atoms with van der Waals surface area (Å²) in [6.07, 6.45) is 6.04. The molecule has 0 spiro atoms. The lowest BCUT2D eigenvalue weighted by molar-refractivity contribution is -0.127. The molecule has 1 aromatic carbocycles. The minimum absolute atomic E-state index is 0.151. The van der Waals surface area contributed by atoms with Crippen molar-refractivity contribution < 1.29 is 4.79 Å². The minimum atomic E-state index is 0.151. The molecule has 20 heavy (non-hydrogen) atoms. The van der Waals surface area contributed by atoms with Gasteiger partial charge in [0, 0.05) is 10.7 Å². The number of halogens is 1. The van der Waals surface area contributed by atoms with E-state index in [0.717, 1.165) is 18.8 Å². The van der Waals surface area contributed by atoms with Gasteiger partial charge >= 0.3 is 0 Å². The maximum absolute atomic E-state index is 12.6. The van der Waals surface area contributed by atoms with Gasteiger partial charge < -0.3 is 5.32 Å². The summed E-state index contributed by atoms with van der Waals surface area (Å²) in [5.74, 6) is 2.06. The second-order valence-electron chi connectivity index (χ2n) is 6.69. The number of carbonyl (C=O) groups excluding carboxylic acids is 1. The zero-order valence-electron chi connectivity index (χ0n) is 11.5. The molecule has 0 aliphatic heterocycles. The van der Waals surface area contributed by atoms with E-state index < -0.39 is 0 Å². The van der Waals surface area contributed by atoms with Crippen molar-refractivity contribution in [3.05, 3.63) is 35.4 Å². The highest BCUT2D eigenvalue weighted by molar-refractivity contribution is 9.09. The molecule has 3 aliphatic rings. The van der Waals surface area contributed by atoms with Crippen LogP contribution in [0.4, 0.5) is 0 Å². The van der Waals surface area contributed by atoms with Gasteiger partial charge in [-0.1, -0.05) is 46.6 Å². The standard InChI is InChI=1S/C17H20BrNO/c18-15-9-11-3-1-2-4-13(11)16(15)19-17(20)14-8-10-5-6-12(14)7-10/h1-4,10,12,14-16H,5-9H2,(H,19,20). The van der Waals surface area contributed by atoms with E-state index in [4.69, 9.17) is 0 Å². The second kappa shape index (κ2) is 4.87. The van der Waals surface area contributed by atoms with Gasteiger partial charge in [0.15, 0.2) is 0 Å². The summed E-state index contributed by atoms with van der Waals surface area (Å²) in [4.78, 5) is 13.0. The Morgan fingerprint density at radius 2 is 2.05 bits per heavy atom. The van der Waals surface area contributed by atoms with Crippen LogP contribution in [-0.2, 0) is 11.2 Å². The number of hydrogen-bond donors (Lipinski definition) is 1. The Labute approximate surface area is 128 Å². The highest BCUT2D eigenvalue weighted by atomic mass is 79.9. The topological polar surface area (TPSA) is 29.1 Å². The number of carbonyl (C=O) groups is 1. The van der Waals surface area contributed by atoms with Crippen molar-refractivity contribution in [2.24, 2.45) is 17.8 Å². The smallest absolute Gasteiger partial charge is 0.223 e. The quantitative estimate of drug-likeness (QED) is 0.823. The summed E-state index contributed by atoms with van der Waals surface area (Å²) in [7, 11) is 0. The fourth-order valence-corrected chi connectivity index (χ4v) is 5.31. The van der Waals surface area contributed by atoms with Crippen molar-refractivity contribution in [2.75, 3.05) is 0 Å². The molecule has 5 atom stereocenters. The number of amides is 1. The third-order valence-corrected chi connectivity index (χ3v) is 6.39. The van der Waals surface area contributed by atoms with Gasteiger partial charge in [0.1, 0.15) is 0 Å². The average Bonchev–Trinajstić information content (AvgIpc) is 3.14. The van der Waals surface area contributed by atoms with Gasteiger partial charge in [-0.2, -0.15) is 0 Å². The van der Waals surface area contributed by atoms with E-state index in [1.807, 2.05) is 0 Å². The average molecular weight is 334 g/mol. The monoisotopic (exact) mass is 333 g/mol. The van der Waals surface area contributed by atoms with Crippen LogP contribution in [0, 0.1) is 17.8 Å². The highest BCUT2D eigenvalue weighted by Crippen LogP contribution is 2.48. The molecule has 106 valence electrons. The molecule has 0 aromatic heterocycles. The van der Waals surface area contributed by atoms with Gasteiger partial charge in [-0.05, 0) is 48.6 Å². The van der Waals surface area contributed by atoms with Gasteiger partial charge in [-0.3, -0.25) is 4.79 Å². The van der Waals surface area contributed by atoms with Crippen LogP contribution in [-0.4, -0.2) is 10.7 Å². The third kappa shape index (κ3) is 2.02. The van der Waals surface area contributed by atoms with Crippen molar-refractivity contribution in [3.63, 3.8) is 0 Å². The summed E-state index contributed by atoms with van der Waals surface area (Å²) in [5.41, 5.74) is 2.67. The van der Waals surface area contributed by atoms with Crippen molar-refractivity contribution in [3.8, 4) is 0 Å². The van der Waals surface area contributed by atoms with Gasteiger partial charge in [0.2, 0.25) is 5.91 Å². The van der Waals surface area contributed by atoms with Crippen molar-refractivity contribution in [2.45, 2.75) is 43.0 Å². The summed E-state index contributed by atoms with van der Waals surface area (Å²) in [6.45, 7) is 0. The Kier molecular flexibility index (Phi) is 3.13. The Balaban J connectivity index is 1.50. The number of fused-ring (bicyclic) bond motifs is 3. The van der Waals surface area contributed by atoms with E-state index >= 15 is 0 Å². The number of nitrogens with one attached hydrogen (secondary N) is 1.